The molecular formula is C12H17NO5S. The van der Waals surface area contributed by atoms with Crippen molar-refractivity contribution in [2.45, 2.75) is 31.7 Å². The first kappa shape index (κ1) is 15.5. The van der Waals surface area contributed by atoms with Crippen LogP contribution in [0.5, 0.6) is 5.75 Å². The summed E-state index contributed by atoms with van der Waals surface area (Å²) in [4.78, 5) is 10.8. The Morgan fingerprint density at radius 1 is 1.32 bits per heavy atom. The lowest BCUT2D eigenvalue weighted by Gasteiger charge is -2.14. The van der Waals surface area contributed by atoms with Gasteiger partial charge in [0.1, 0.15) is 11.8 Å². The highest BCUT2D eigenvalue weighted by atomic mass is 32.2. The number of methoxy groups -OCH3 is 1. The minimum Gasteiger partial charge on any atom is -0.496 e. The lowest BCUT2D eigenvalue weighted by atomic mass is 10.1. The molecule has 0 saturated carbocycles. The lowest BCUT2D eigenvalue weighted by Crippen LogP contribution is -2.38. The molecule has 0 aliphatic carbocycles. The van der Waals surface area contributed by atoms with Gasteiger partial charge in [-0.3, -0.25) is 4.79 Å². The summed E-state index contributed by atoms with van der Waals surface area (Å²) in [5.41, 5.74) is 1.16. The van der Waals surface area contributed by atoms with Crippen LogP contribution in [0.25, 0.3) is 0 Å². The Labute approximate surface area is 112 Å². The summed E-state index contributed by atoms with van der Waals surface area (Å²) < 4.78 is 31.4. The number of rotatable bonds is 5. The van der Waals surface area contributed by atoms with E-state index in [4.69, 9.17) is 9.84 Å². The van der Waals surface area contributed by atoms with Crippen LogP contribution in [0.4, 0.5) is 0 Å². The highest BCUT2D eigenvalue weighted by Gasteiger charge is 2.23. The highest BCUT2D eigenvalue weighted by molar-refractivity contribution is 7.89. The first-order valence-corrected chi connectivity index (χ1v) is 7.07. The van der Waals surface area contributed by atoms with Crippen LogP contribution in [0.1, 0.15) is 18.1 Å². The number of carbonyl (C=O) groups is 1. The quantitative estimate of drug-likeness (QED) is 0.845. The van der Waals surface area contributed by atoms with Gasteiger partial charge in [0.2, 0.25) is 10.0 Å². The SMILES string of the molecule is COc1cc(C)c(S(=O)(=O)N[C@@H](C)C(=O)O)cc1C. The van der Waals surface area contributed by atoms with Gasteiger partial charge < -0.3 is 9.84 Å². The van der Waals surface area contributed by atoms with Crippen LogP contribution >= 0.6 is 0 Å². The van der Waals surface area contributed by atoms with E-state index in [1.54, 1.807) is 19.9 Å². The Morgan fingerprint density at radius 2 is 1.89 bits per heavy atom. The normalized spacial score (nSPS) is 13.1. The molecule has 0 spiro atoms. The van der Waals surface area contributed by atoms with Gasteiger partial charge in [-0.2, -0.15) is 4.72 Å². The standard InChI is InChI=1S/C12H17NO5S/c1-7-6-11(8(2)5-10(7)18-4)19(16,17)13-9(3)12(14)15/h5-6,9,13H,1-4H3,(H,14,15)/t9-/m0/s1. The molecule has 1 atom stereocenters. The van der Waals surface area contributed by atoms with Gasteiger partial charge in [0.25, 0.3) is 0 Å². The van der Waals surface area contributed by atoms with Crippen LogP contribution in [0.2, 0.25) is 0 Å². The van der Waals surface area contributed by atoms with Crippen molar-refractivity contribution < 1.29 is 23.1 Å². The number of sulfonamides is 1. The van der Waals surface area contributed by atoms with E-state index in [1.165, 1.54) is 20.1 Å². The van der Waals surface area contributed by atoms with E-state index in [0.29, 0.717) is 16.9 Å². The van der Waals surface area contributed by atoms with Gasteiger partial charge in [-0.15, -0.1) is 0 Å². The maximum absolute atomic E-state index is 12.1. The van der Waals surface area contributed by atoms with E-state index in [1.807, 2.05) is 0 Å². The maximum Gasteiger partial charge on any atom is 0.321 e. The summed E-state index contributed by atoms with van der Waals surface area (Å²) in [7, 11) is -2.37. The minimum atomic E-state index is -3.87. The fourth-order valence-electron chi connectivity index (χ4n) is 1.62. The van der Waals surface area contributed by atoms with Crippen molar-refractivity contribution in [1.29, 1.82) is 0 Å². The molecule has 6 nitrogen and oxygen atoms in total. The second-order valence-electron chi connectivity index (χ2n) is 4.27. The first-order chi connectivity index (χ1) is 8.69. The molecule has 106 valence electrons. The van der Waals surface area contributed by atoms with Crippen molar-refractivity contribution in [3.63, 3.8) is 0 Å². The van der Waals surface area contributed by atoms with Crippen LogP contribution in [0, 0.1) is 13.8 Å². The smallest absolute Gasteiger partial charge is 0.321 e. The molecule has 0 fully saturated rings. The van der Waals surface area contributed by atoms with Crippen LogP contribution in [0.3, 0.4) is 0 Å². The van der Waals surface area contributed by atoms with E-state index in [9.17, 15) is 13.2 Å². The summed E-state index contributed by atoms with van der Waals surface area (Å²) in [6.07, 6.45) is 0. The molecule has 0 bridgehead atoms. The third-order valence-corrected chi connectivity index (χ3v) is 4.37. The maximum atomic E-state index is 12.1. The van der Waals surface area contributed by atoms with Crippen molar-refractivity contribution in [3.8, 4) is 5.75 Å². The molecule has 0 radical (unpaired) electrons. The van der Waals surface area contributed by atoms with Gasteiger partial charge in [-0.25, -0.2) is 8.42 Å². The van der Waals surface area contributed by atoms with Crippen molar-refractivity contribution in [1.82, 2.24) is 4.72 Å². The topological polar surface area (TPSA) is 92.7 Å². The second kappa shape index (κ2) is 5.58. The molecule has 2 N–H and O–H groups in total. The zero-order valence-electron chi connectivity index (χ0n) is 11.2. The second-order valence-corrected chi connectivity index (χ2v) is 5.95. The third kappa shape index (κ3) is 3.45. The number of benzene rings is 1. The Hall–Kier alpha value is -1.60. The fraction of sp³-hybridized carbons (Fsp3) is 0.417. The van der Waals surface area contributed by atoms with E-state index in [-0.39, 0.29) is 4.90 Å². The molecule has 0 unspecified atom stereocenters. The summed E-state index contributed by atoms with van der Waals surface area (Å²) in [5, 5.41) is 8.75. The van der Waals surface area contributed by atoms with Gasteiger partial charge in [-0.1, -0.05) is 0 Å². The predicted molar refractivity (Wildman–Crippen MR) is 69.9 cm³/mol. The van der Waals surface area contributed by atoms with Crippen molar-refractivity contribution >= 4 is 16.0 Å². The average Bonchev–Trinajstić information content (AvgIpc) is 2.30. The lowest BCUT2D eigenvalue weighted by molar-refractivity contribution is -0.138. The third-order valence-electron chi connectivity index (χ3n) is 2.68. The van der Waals surface area contributed by atoms with Gasteiger partial charge in [0.05, 0.1) is 12.0 Å². The number of ether oxygens (including phenoxy) is 1. The Bertz CT molecular complexity index is 594. The monoisotopic (exact) mass is 287 g/mol. The van der Waals surface area contributed by atoms with Gasteiger partial charge >= 0.3 is 5.97 Å². The van der Waals surface area contributed by atoms with E-state index >= 15 is 0 Å². The van der Waals surface area contributed by atoms with Crippen molar-refractivity contribution in [3.05, 3.63) is 23.3 Å². The predicted octanol–water partition coefficient (Wildman–Crippen LogP) is 1.06. The first-order valence-electron chi connectivity index (χ1n) is 5.59. The molecule has 1 aromatic carbocycles. The summed E-state index contributed by atoms with van der Waals surface area (Å²) in [6, 6.07) is 1.88. The summed E-state index contributed by atoms with van der Waals surface area (Å²) in [6.45, 7) is 4.62. The number of aliphatic carboxylic acids is 1. The fourth-order valence-corrected chi connectivity index (χ4v) is 3.13. The number of carboxylic acids is 1. The van der Waals surface area contributed by atoms with E-state index in [0.717, 1.165) is 0 Å². The van der Waals surface area contributed by atoms with Gasteiger partial charge in [-0.05, 0) is 44.0 Å². The van der Waals surface area contributed by atoms with Crippen LogP contribution in [0.15, 0.2) is 17.0 Å². The highest BCUT2D eigenvalue weighted by Crippen LogP contribution is 2.25. The molecule has 0 amide bonds. The largest absolute Gasteiger partial charge is 0.496 e. The Morgan fingerprint density at radius 3 is 2.37 bits per heavy atom. The summed E-state index contributed by atoms with van der Waals surface area (Å²) >= 11 is 0. The van der Waals surface area contributed by atoms with Crippen molar-refractivity contribution in [2.75, 3.05) is 7.11 Å². The minimum absolute atomic E-state index is 0.0545. The summed E-state index contributed by atoms with van der Waals surface area (Å²) in [5.74, 6) is -0.644. The average molecular weight is 287 g/mol. The Kier molecular flexibility index (Phi) is 4.54. The zero-order valence-corrected chi connectivity index (χ0v) is 12.0. The number of carboxylic acid groups (broad SMARTS) is 1. The molecule has 0 saturated heterocycles. The number of aryl methyl sites for hydroxylation is 2. The van der Waals surface area contributed by atoms with Crippen molar-refractivity contribution in [2.24, 2.45) is 0 Å². The molecule has 1 rings (SSSR count). The zero-order chi connectivity index (χ0) is 14.8. The van der Waals surface area contributed by atoms with Crippen LogP contribution in [-0.4, -0.2) is 32.6 Å². The molecule has 0 aliphatic heterocycles. The molecule has 0 aromatic heterocycles. The molecular weight excluding hydrogens is 270 g/mol. The molecule has 0 heterocycles. The molecule has 1 aromatic rings. The number of hydrogen-bond donors (Lipinski definition) is 2. The van der Waals surface area contributed by atoms with E-state index in [2.05, 4.69) is 4.72 Å². The van der Waals surface area contributed by atoms with Gasteiger partial charge in [0.15, 0.2) is 0 Å². The Balaban J connectivity index is 3.22. The van der Waals surface area contributed by atoms with E-state index < -0.39 is 22.0 Å². The number of hydrogen-bond acceptors (Lipinski definition) is 4. The molecule has 7 heteroatoms. The van der Waals surface area contributed by atoms with Crippen LogP contribution < -0.4 is 9.46 Å². The molecule has 19 heavy (non-hydrogen) atoms. The molecule has 0 aliphatic rings. The van der Waals surface area contributed by atoms with Gasteiger partial charge in [0, 0.05) is 0 Å². The number of nitrogens with one attached hydrogen (secondary N) is 1. The van der Waals surface area contributed by atoms with Crippen LogP contribution in [-0.2, 0) is 14.8 Å².